The summed E-state index contributed by atoms with van der Waals surface area (Å²) in [5.74, 6) is -1.21. The summed E-state index contributed by atoms with van der Waals surface area (Å²) in [6.45, 7) is 1.16. The van der Waals surface area contributed by atoms with Crippen LogP contribution in [0.5, 0.6) is 0 Å². The first kappa shape index (κ1) is 14.5. The Morgan fingerprint density at radius 1 is 1.36 bits per heavy atom. The van der Waals surface area contributed by atoms with Crippen molar-refractivity contribution in [2.45, 2.75) is 13.1 Å². The summed E-state index contributed by atoms with van der Waals surface area (Å²) in [4.78, 5) is 24.3. The van der Waals surface area contributed by atoms with Crippen LogP contribution < -0.4 is 5.73 Å². The summed E-state index contributed by atoms with van der Waals surface area (Å²) in [7, 11) is 0. The third-order valence-corrected chi connectivity index (χ3v) is 3.76. The number of fused-ring (bicyclic) bond motifs is 1. The first-order valence-corrected chi connectivity index (χ1v) is 6.92. The molecule has 2 N–H and O–H groups in total. The van der Waals surface area contributed by atoms with Crippen LogP contribution in [0.4, 0.5) is 4.39 Å². The van der Waals surface area contributed by atoms with E-state index in [1.807, 2.05) is 0 Å². The summed E-state index contributed by atoms with van der Waals surface area (Å²) in [6, 6.07) is 3.92. The van der Waals surface area contributed by atoms with Crippen LogP contribution in [0.25, 0.3) is 11.3 Å². The minimum absolute atomic E-state index is 0.188. The lowest BCUT2D eigenvalue weighted by Gasteiger charge is -2.24. The van der Waals surface area contributed by atoms with Gasteiger partial charge in [0.05, 0.1) is 24.3 Å². The largest absolute Gasteiger partial charge is 0.365 e. The Hall–Kier alpha value is -2.41. The van der Waals surface area contributed by atoms with Gasteiger partial charge >= 0.3 is 0 Å². The molecule has 1 aromatic carbocycles. The van der Waals surface area contributed by atoms with E-state index in [0.29, 0.717) is 30.8 Å². The molecule has 114 valence electrons. The number of benzene rings is 1. The Bertz CT molecular complexity index is 754. The molecule has 1 aliphatic rings. The number of amides is 2. The molecule has 8 heteroatoms. The second-order valence-electron chi connectivity index (χ2n) is 4.99. The second-order valence-corrected chi connectivity index (χ2v) is 5.43. The lowest BCUT2D eigenvalue weighted by molar-refractivity contribution is -0.119. The number of nitrogens with two attached hydrogens (primary N) is 1. The number of nitrogens with zero attached hydrogens (tertiary/aromatic N) is 3. The number of hydrogen-bond donors (Lipinski definition) is 1. The van der Waals surface area contributed by atoms with E-state index in [4.69, 9.17) is 17.3 Å². The first-order valence-electron chi connectivity index (χ1n) is 6.55. The summed E-state index contributed by atoms with van der Waals surface area (Å²) in [5.41, 5.74) is 6.84. The van der Waals surface area contributed by atoms with Crippen LogP contribution in [-0.2, 0) is 17.9 Å². The molecule has 22 heavy (non-hydrogen) atoms. The number of halogens is 2. The summed E-state index contributed by atoms with van der Waals surface area (Å²) in [5, 5.41) is 4.54. The zero-order chi connectivity index (χ0) is 15.9. The zero-order valence-electron chi connectivity index (χ0n) is 11.4. The number of aromatic nitrogens is 2. The van der Waals surface area contributed by atoms with Gasteiger partial charge in [-0.25, -0.2) is 4.39 Å². The van der Waals surface area contributed by atoms with E-state index >= 15 is 0 Å². The molecular weight excluding hydrogens is 311 g/mol. The molecule has 1 aliphatic heterocycles. The highest BCUT2D eigenvalue weighted by molar-refractivity contribution is 6.30. The topological polar surface area (TPSA) is 81.2 Å². The van der Waals surface area contributed by atoms with Crippen molar-refractivity contribution in [3.8, 4) is 11.3 Å². The van der Waals surface area contributed by atoms with Crippen LogP contribution in [0.2, 0.25) is 5.02 Å². The van der Waals surface area contributed by atoms with E-state index in [1.54, 1.807) is 4.68 Å². The van der Waals surface area contributed by atoms with Gasteiger partial charge in [-0.1, -0.05) is 11.6 Å². The van der Waals surface area contributed by atoms with E-state index in [9.17, 15) is 14.0 Å². The third-order valence-electron chi connectivity index (χ3n) is 3.54. The highest BCUT2D eigenvalue weighted by Gasteiger charge is 2.27. The fourth-order valence-electron chi connectivity index (χ4n) is 2.58. The lowest BCUT2D eigenvalue weighted by Crippen LogP contribution is -2.34. The average Bonchev–Trinajstić information content (AvgIpc) is 2.84. The van der Waals surface area contributed by atoms with Crippen LogP contribution >= 0.6 is 11.6 Å². The summed E-state index contributed by atoms with van der Waals surface area (Å²) >= 11 is 5.86. The van der Waals surface area contributed by atoms with Gasteiger partial charge in [-0.2, -0.15) is 5.10 Å². The Morgan fingerprint density at radius 3 is 2.77 bits per heavy atom. The van der Waals surface area contributed by atoms with Gasteiger partial charge in [0, 0.05) is 17.1 Å². The van der Waals surface area contributed by atoms with Crippen LogP contribution in [0.3, 0.4) is 0 Å². The maximum atomic E-state index is 13.6. The number of hydrogen-bond acceptors (Lipinski definition) is 3. The highest BCUT2D eigenvalue weighted by atomic mass is 35.5. The molecule has 3 rings (SSSR count). The van der Waals surface area contributed by atoms with Gasteiger partial charge in [-0.15, -0.1) is 0 Å². The number of carbonyl (C=O) groups is 2. The van der Waals surface area contributed by atoms with Crippen molar-refractivity contribution in [3.05, 3.63) is 40.3 Å². The maximum absolute atomic E-state index is 13.6. The van der Waals surface area contributed by atoms with Gasteiger partial charge in [-0.05, 0) is 18.2 Å². The molecule has 0 fully saturated rings. The molecule has 0 radical (unpaired) electrons. The quantitative estimate of drug-likeness (QED) is 0.868. The number of carbonyl (C=O) groups excluding carboxylic acids is 2. The molecule has 0 unspecified atom stereocenters. The number of primary amides is 1. The SMILES string of the molecule is NC(=O)c1c(-c2cc(F)cc(Cl)c2)nn2c1CN(C=O)CC2. The highest BCUT2D eigenvalue weighted by Crippen LogP contribution is 2.30. The molecule has 1 aromatic heterocycles. The predicted molar refractivity (Wildman–Crippen MR) is 77.6 cm³/mol. The fourth-order valence-corrected chi connectivity index (χ4v) is 2.80. The van der Waals surface area contributed by atoms with Crippen LogP contribution in [0.15, 0.2) is 18.2 Å². The van der Waals surface area contributed by atoms with Gasteiger partial charge in [-0.3, -0.25) is 14.3 Å². The normalized spacial score (nSPS) is 13.8. The molecule has 2 heterocycles. The molecule has 0 atom stereocenters. The van der Waals surface area contributed by atoms with Crippen molar-refractivity contribution in [1.82, 2.24) is 14.7 Å². The maximum Gasteiger partial charge on any atom is 0.252 e. The molecular formula is C14H12ClFN4O2. The number of rotatable bonds is 3. The Labute approximate surface area is 130 Å². The van der Waals surface area contributed by atoms with Crippen molar-refractivity contribution in [2.24, 2.45) is 5.73 Å². The van der Waals surface area contributed by atoms with Gasteiger partial charge in [0.2, 0.25) is 6.41 Å². The van der Waals surface area contributed by atoms with Gasteiger partial charge in [0.1, 0.15) is 11.5 Å². The fraction of sp³-hybridized carbons (Fsp3) is 0.214. The zero-order valence-corrected chi connectivity index (χ0v) is 12.2. The second kappa shape index (κ2) is 5.42. The van der Waals surface area contributed by atoms with Crippen LogP contribution in [0.1, 0.15) is 16.1 Å². The Balaban J connectivity index is 2.18. The smallest absolute Gasteiger partial charge is 0.252 e. The Kier molecular flexibility index (Phi) is 3.58. The molecule has 0 bridgehead atoms. The van der Waals surface area contributed by atoms with Crippen molar-refractivity contribution >= 4 is 23.9 Å². The average molecular weight is 323 g/mol. The molecule has 0 saturated heterocycles. The molecule has 2 aromatic rings. The molecule has 0 aliphatic carbocycles. The van der Waals surface area contributed by atoms with Crippen LogP contribution in [0, 0.1) is 5.82 Å². The molecule has 0 spiro atoms. The van der Waals surface area contributed by atoms with E-state index < -0.39 is 11.7 Å². The molecule has 0 saturated carbocycles. The first-order chi connectivity index (χ1) is 10.5. The van der Waals surface area contributed by atoms with Gasteiger partial charge in [0.25, 0.3) is 5.91 Å². The van der Waals surface area contributed by atoms with Gasteiger partial charge < -0.3 is 10.6 Å². The van der Waals surface area contributed by atoms with Crippen molar-refractivity contribution in [3.63, 3.8) is 0 Å². The Morgan fingerprint density at radius 2 is 2.14 bits per heavy atom. The molecule has 6 nitrogen and oxygen atoms in total. The van der Waals surface area contributed by atoms with E-state index in [2.05, 4.69) is 5.10 Å². The van der Waals surface area contributed by atoms with Crippen molar-refractivity contribution in [1.29, 1.82) is 0 Å². The standard InChI is InChI=1S/C14H12ClFN4O2/c15-9-3-8(4-10(16)5-9)13-12(14(17)22)11-6-19(7-21)1-2-20(11)18-13/h3-5,7H,1-2,6H2,(H2,17,22). The van der Waals surface area contributed by atoms with E-state index in [-0.39, 0.29) is 22.8 Å². The summed E-state index contributed by atoms with van der Waals surface area (Å²) < 4.78 is 15.2. The lowest BCUT2D eigenvalue weighted by atomic mass is 10.0. The van der Waals surface area contributed by atoms with E-state index in [0.717, 1.165) is 0 Å². The molecule has 2 amide bonds. The minimum atomic E-state index is -0.676. The monoisotopic (exact) mass is 322 g/mol. The van der Waals surface area contributed by atoms with Gasteiger partial charge in [0.15, 0.2) is 0 Å². The van der Waals surface area contributed by atoms with Crippen molar-refractivity contribution in [2.75, 3.05) is 6.54 Å². The van der Waals surface area contributed by atoms with Crippen LogP contribution in [-0.4, -0.2) is 33.5 Å². The predicted octanol–water partition coefficient (Wildman–Crippen LogP) is 1.41. The van der Waals surface area contributed by atoms with Crippen molar-refractivity contribution < 1.29 is 14.0 Å². The minimum Gasteiger partial charge on any atom is -0.365 e. The van der Waals surface area contributed by atoms with E-state index in [1.165, 1.54) is 23.1 Å². The third kappa shape index (κ3) is 2.43. The summed E-state index contributed by atoms with van der Waals surface area (Å²) in [6.07, 6.45) is 0.708.